The van der Waals surface area contributed by atoms with E-state index in [4.69, 9.17) is 14.2 Å². The third-order valence-electron chi connectivity index (χ3n) is 15.3. The minimum Gasteiger partial charge on any atom is -0.461 e. The van der Waals surface area contributed by atoms with E-state index in [0.29, 0.717) is 17.9 Å². The number of fused-ring (bicyclic) bond motifs is 8. The molecule has 54 heavy (non-hydrogen) atoms. The van der Waals surface area contributed by atoms with Gasteiger partial charge in [0, 0.05) is 35.4 Å². The van der Waals surface area contributed by atoms with Gasteiger partial charge in [-0.05, 0) is 113 Å². The van der Waals surface area contributed by atoms with Crippen LogP contribution in [0.4, 0.5) is 5.69 Å². The molecule has 3 aliphatic heterocycles. The number of nitrogens with zero attached hydrogens (tertiary/aromatic N) is 1. The van der Waals surface area contributed by atoms with Crippen LogP contribution in [-0.4, -0.2) is 17.7 Å². The Hall–Kier alpha value is -3.76. The molecule has 6 atom stereocenters. The fourth-order valence-corrected chi connectivity index (χ4v) is 12.9. The highest BCUT2D eigenvalue weighted by molar-refractivity contribution is 5.69. The van der Waals surface area contributed by atoms with E-state index in [9.17, 15) is 0 Å². The minimum atomic E-state index is -0.329. The second-order valence-corrected chi connectivity index (χ2v) is 18.3. The zero-order valence-electron chi connectivity index (χ0n) is 32.2. The van der Waals surface area contributed by atoms with E-state index in [2.05, 4.69) is 96.8 Å². The summed E-state index contributed by atoms with van der Waals surface area (Å²) in [5, 5.41) is 0. The highest BCUT2D eigenvalue weighted by Gasteiger charge is 2.62. The molecule has 0 amide bonds. The average molecular weight is 720 g/mol. The molecule has 0 N–H and O–H groups in total. The van der Waals surface area contributed by atoms with Crippen molar-refractivity contribution in [1.29, 1.82) is 0 Å². The second-order valence-electron chi connectivity index (χ2n) is 18.3. The van der Waals surface area contributed by atoms with Gasteiger partial charge in [0.15, 0.2) is 5.75 Å². The van der Waals surface area contributed by atoms with E-state index < -0.39 is 0 Å². The van der Waals surface area contributed by atoms with E-state index in [1.165, 1.54) is 110 Å². The third kappa shape index (κ3) is 5.10. The Morgan fingerprint density at radius 3 is 2.46 bits per heavy atom. The van der Waals surface area contributed by atoms with Gasteiger partial charge in [0.2, 0.25) is 0 Å². The van der Waals surface area contributed by atoms with Crippen LogP contribution in [0.1, 0.15) is 122 Å². The summed E-state index contributed by atoms with van der Waals surface area (Å²) in [6.45, 7) is 2.42. The van der Waals surface area contributed by atoms with Gasteiger partial charge in [0.05, 0.1) is 28.5 Å². The summed E-state index contributed by atoms with van der Waals surface area (Å²) in [4.78, 5) is 2.66. The van der Waals surface area contributed by atoms with Crippen molar-refractivity contribution in [2.24, 2.45) is 23.7 Å². The maximum absolute atomic E-state index is 7.53. The Morgan fingerprint density at radius 1 is 0.796 bits per heavy atom. The number of rotatable bonds is 3. The van der Waals surface area contributed by atoms with E-state index in [1.807, 2.05) is 0 Å². The lowest BCUT2D eigenvalue weighted by Crippen LogP contribution is -2.60. The molecule has 3 fully saturated rings. The molecule has 1 saturated heterocycles. The van der Waals surface area contributed by atoms with Crippen LogP contribution in [0, 0.1) is 23.7 Å². The molecule has 2 aromatic carbocycles. The molecule has 4 heteroatoms. The summed E-state index contributed by atoms with van der Waals surface area (Å²) in [5.41, 5.74) is 7.74. The number of hydrogen-bond acceptors (Lipinski definition) is 4. The van der Waals surface area contributed by atoms with Gasteiger partial charge in [-0.2, -0.15) is 0 Å². The third-order valence-corrected chi connectivity index (χ3v) is 15.3. The molecule has 6 aliphatic carbocycles. The first-order chi connectivity index (χ1) is 26.6. The number of hydrogen-bond donors (Lipinski definition) is 0. The second kappa shape index (κ2) is 13.2. The topological polar surface area (TPSA) is 30.9 Å². The molecule has 4 nitrogen and oxygen atoms in total. The molecule has 6 unspecified atom stereocenters. The van der Waals surface area contributed by atoms with Crippen molar-refractivity contribution < 1.29 is 14.2 Å². The molecule has 11 rings (SSSR count). The maximum Gasteiger partial charge on any atom is 0.150 e. The Labute approximate surface area is 322 Å². The lowest BCUT2D eigenvalue weighted by Gasteiger charge is -2.61. The first kappa shape index (κ1) is 33.6. The standard InChI is InChI=1S/C50H57NO3/c1-49-30-13-12-25-47(49)50(38-20-8-10-23-43(38)52-45-31-34(26-28-39(45)50)33-15-4-2-5-16-33)40-29-27-35(32-46(40)54-49)37-19-14-22-42-48(37)53-44-24-11-9-21-41(44)51(42)36-17-6-3-7-18-36/h8-11,14,20-26,28,32-34,36-37,40,46H,2-7,12-13,15-19,27,29-31H2,1H3. The molecule has 1 spiro atoms. The molecule has 2 saturated carbocycles. The summed E-state index contributed by atoms with van der Waals surface area (Å²) in [6, 6.07) is 18.4. The first-order valence-electron chi connectivity index (χ1n) is 21.9. The van der Waals surface area contributed by atoms with Crippen LogP contribution < -0.4 is 14.4 Å². The first-order valence-corrected chi connectivity index (χ1v) is 21.9. The highest BCUT2D eigenvalue weighted by Crippen LogP contribution is 2.65. The number of para-hydroxylation sites is 3. The van der Waals surface area contributed by atoms with Gasteiger partial charge >= 0.3 is 0 Å². The monoisotopic (exact) mass is 719 g/mol. The van der Waals surface area contributed by atoms with Gasteiger partial charge in [0.1, 0.15) is 17.3 Å². The maximum atomic E-state index is 7.53. The number of anilines is 1. The molecular weight excluding hydrogens is 663 g/mol. The predicted molar refractivity (Wildman–Crippen MR) is 216 cm³/mol. The predicted octanol–water partition coefficient (Wildman–Crippen LogP) is 12.4. The molecule has 0 aromatic heterocycles. The Kier molecular flexibility index (Phi) is 8.19. The number of ether oxygens (including phenoxy) is 3. The van der Waals surface area contributed by atoms with Crippen molar-refractivity contribution in [3.8, 4) is 11.5 Å². The van der Waals surface area contributed by atoms with E-state index in [0.717, 1.165) is 61.7 Å². The van der Waals surface area contributed by atoms with Crippen molar-refractivity contribution in [3.63, 3.8) is 0 Å². The summed E-state index contributed by atoms with van der Waals surface area (Å²) < 4.78 is 21.6. The summed E-state index contributed by atoms with van der Waals surface area (Å²) in [6.07, 6.45) is 36.0. The van der Waals surface area contributed by atoms with Gasteiger partial charge in [0.25, 0.3) is 0 Å². The van der Waals surface area contributed by atoms with Crippen LogP contribution in [0.3, 0.4) is 0 Å². The van der Waals surface area contributed by atoms with E-state index in [-0.39, 0.29) is 23.0 Å². The Bertz CT molecular complexity index is 2020. The van der Waals surface area contributed by atoms with Crippen LogP contribution in [-0.2, 0) is 10.2 Å². The molecule has 0 radical (unpaired) electrons. The molecule has 3 heterocycles. The zero-order valence-corrected chi connectivity index (χ0v) is 32.2. The summed E-state index contributed by atoms with van der Waals surface area (Å²) in [7, 11) is 0. The Morgan fingerprint density at radius 2 is 1.59 bits per heavy atom. The Balaban J connectivity index is 1.02. The molecule has 280 valence electrons. The van der Waals surface area contributed by atoms with Crippen molar-refractivity contribution in [2.45, 2.75) is 139 Å². The SMILES string of the molecule is CC12CCCC=C1C1(C3=C(CC(C4CCCCC4)C=C3)Oc3ccccc31)C1CCC(C3CC=CC4=C3Oc3ccccc3N4C3CCCCC3)=CC1O2. The van der Waals surface area contributed by atoms with Crippen LogP contribution in [0.25, 0.3) is 0 Å². The van der Waals surface area contributed by atoms with Gasteiger partial charge in [-0.1, -0.05) is 105 Å². The van der Waals surface area contributed by atoms with Crippen molar-refractivity contribution in [1.82, 2.24) is 0 Å². The van der Waals surface area contributed by atoms with Gasteiger partial charge < -0.3 is 19.1 Å². The largest absolute Gasteiger partial charge is 0.461 e. The van der Waals surface area contributed by atoms with Gasteiger partial charge in [-0.3, -0.25) is 0 Å². The van der Waals surface area contributed by atoms with E-state index in [1.54, 1.807) is 0 Å². The summed E-state index contributed by atoms with van der Waals surface area (Å²) >= 11 is 0. The lowest BCUT2D eigenvalue weighted by molar-refractivity contribution is -0.122. The smallest absolute Gasteiger partial charge is 0.150 e. The number of benzene rings is 2. The van der Waals surface area contributed by atoms with Gasteiger partial charge in [-0.25, -0.2) is 0 Å². The lowest BCUT2D eigenvalue weighted by atomic mass is 9.50. The minimum absolute atomic E-state index is 0.0126. The normalized spacial score (nSPS) is 34.7. The van der Waals surface area contributed by atoms with Crippen LogP contribution in [0.2, 0.25) is 0 Å². The van der Waals surface area contributed by atoms with Gasteiger partial charge in [-0.15, -0.1) is 0 Å². The quantitative estimate of drug-likeness (QED) is 0.296. The van der Waals surface area contributed by atoms with Crippen molar-refractivity contribution >= 4 is 5.69 Å². The van der Waals surface area contributed by atoms with Crippen molar-refractivity contribution in [3.05, 3.63) is 124 Å². The average Bonchev–Trinajstić information content (AvgIpc) is 3.22. The fourth-order valence-electron chi connectivity index (χ4n) is 12.9. The highest BCUT2D eigenvalue weighted by atomic mass is 16.5. The van der Waals surface area contributed by atoms with Crippen LogP contribution in [0.15, 0.2) is 119 Å². The molecule has 2 aromatic rings. The molecule has 0 bridgehead atoms. The zero-order chi connectivity index (χ0) is 35.9. The van der Waals surface area contributed by atoms with E-state index >= 15 is 0 Å². The number of allylic oxidation sites excluding steroid dienone is 8. The summed E-state index contributed by atoms with van der Waals surface area (Å²) in [5.74, 6) is 6.35. The fraction of sp³-hybridized carbons (Fsp3) is 0.520. The molecular formula is C50H57NO3. The molecule has 9 aliphatic rings. The van der Waals surface area contributed by atoms with Crippen molar-refractivity contribution in [2.75, 3.05) is 4.90 Å². The van der Waals surface area contributed by atoms with Crippen LogP contribution in [0.5, 0.6) is 11.5 Å². The van der Waals surface area contributed by atoms with Crippen LogP contribution >= 0.6 is 0 Å².